The van der Waals surface area contributed by atoms with Crippen molar-refractivity contribution in [1.82, 2.24) is 4.90 Å². The van der Waals surface area contributed by atoms with Crippen LogP contribution in [0.4, 0.5) is 0 Å². The molecule has 1 unspecified atom stereocenters. The second-order valence-corrected chi connectivity index (χ2v) is 6.21. The van der Waals surface area contributed by atoms with Crippen LogP contribution < -0.4 is 0 Å². The molecule has 1 saturated heterocycles. The standard InChI is InChI=1S/C12H21NO4S/c1-2-3-8-18(17)9-11(14)13-6-4-10(5-7-13)12(15)16/h10H,2-9H2,1H3,(H,15,16). The first kappa shape index (κ1) is 15.1. The molecule has 0 aromatic rings. The molecule has 1 heterocycles. The van der Waals surface area contributed by atoms with Gasteiger partial charge in [-0.2, -0.15) is 0 Å². The summed E-state index contributed by atoms with van der Waals surface area (Å²) in [6.45, 7) is 2.97. The van der Waals surface area contributed by atoms with Crippen LogP contribution in [-0.2, 0) is 20.4 Å². The molecule has 0 aliphatic carbocycles. The lowest BCUT2D eigenvalue weighted by Gasteiger charge is -2.30. The number of amides is 1. The molecule has 18 heavy (non-hydrogen) atoms. The molecule has 1 N–H and O–H groups in total. The smallest absolute Gasteiger partial charge is 0.306 e. The normalized spacial score (nSPS) is 18.6. The quantitative estimate of drug-likeness (QED) is 0.780. The lowest BCUT2D eigenvalue weighted by atomic mass is 9.97. The monoisotopic (exact) mass is 275 g/mol. The third kappa shape index (κ3) is 4.76. The maximum atomic E-state index is 11.8. The summed E-state index contributed by atoms with van der Waals surface area (Å²) in [5.74, 6) is -0.562. The summed E-state index contributed by atoms with van der Waals surface area (Å²) in [4.78, 5) is 24.3. The predicted molar refractivity (Wildman–Crippen MR) is 69.7 cm³/mol. The summed E-state index contributed by atoms with van der Waals surface area (Å²) in [5.41, 5.74) is 0. The first-order valence-corrected chi connectivity index (χ1v) is 7.89. The topological polar surface area (TPSA) is 74.7 Å². The van der Waals surface area contributed by atoms with Gasteiger partial charge >= 0.3 is 5.97 Å². The molecule has 1 fully saturated rings. The van der Waals surface area contributed by atoms with Crippen LogP contribution in [0.3, 0.4) is 0 Å². The zero-order valence-electron chi connectivity index (χ0n) is 10.8. The number of aliphatic carboxylic acids is 1. The van der Waals surface area contributed by atoms with Gasteiger partial charge in [0.25, 0.3) is 0 Å². The zero-order valence-corrected chi connectivity index (χ0v) is 11.6. The predicted octanol–water partition coefficient (Wildman–Crippen LogP) is 0.858. The summed E-state index contributed by atoms with van der Waals surface area (Å²) >= 11 is 0. The Kier molecular flexibility index (Phi) is 6.32. The van der Waals surface area contributed by atoms with Crippen molar-refractivity contribution in [1.29, 1.82) is 0 Å². The minimum absolute atomic E-state index is 0.0811. The number of carbonyl (C=O) groups is 2. The van der Waals surface area contributed by atoms with E-state index in [2.05, 4.69) is 0 Å². The van der Waals surface area contributed by atoms with E-state index in [0.717, 1.165) is 12.8 Å². The van der Waals surface area contributed by atoms with Crippen LogP contribution in [0, 0.1) is 5.92 Å². The molecule has 0 aromatic carbocycles. The summed E-state index contributed by atoms with van der Waals surface area (Å²) in [7, 11) is -1.08. The van der Waals surface area contributed by atoms with Crippen LogP contribution in [0.1, 0.15) is 32.6 Å². The second-order valence-electron chi connectivity index (χ2n) is 4.64. The Balaban J connectivity index is 2.31. The number of hydrogen-bond donors (Lipinski definition) is 1. The Labute approximate surface area is 110 Å². The number of carboxylic acids is 1. The fourth-order valence-corrected chi connectivity index (χ4v) is 3.20. The Morgan fingerprint density at radius 1 is 1.33 bits per heavy atom. The van der Waals surface area contributed by atoms with Gasteiger partial charge in [0, 0.05) is 29.6 Å². The van der Waals surface area contributed by atoms with Gasteiger partial charge in [-0.15, -0.1) is 0 Å². The van der Waals surface area contributed by atoms with Gasteiger partial charge in [0.1, 0.15) is 5.75 Å². The van der Waals surface area contributed by atoms with Crippen molar-refractivity contribution < 1.29 is 18.9 Å². The van der Waals surface area contributed by atoms with Crippen molar-refractivity contribution in [3.63, 3.8) is 0 Å². The van der Waals surface area contributed by atoms with Crippen LogP contribution in [-0.4, -0.2) is 50.7 Å². The fraction of sp³-hybridized carbons (Fsp3) is 0.833. The molecule has 5 nitrogen and oxygen atoms in total. The van der Waals surface area contributed by atoms with Gasteiger partial charge < -0.3 is 10.0 Å². The maximum absolute atomic E-state index is 11.8. The number of carboxylic acid groups (broad SMARTS) is 1. The third-order valence-corrected chi connectivity index (χ3v) is 4.52. The van der Waals surface area contributed by atoms with Crippen molar-refractivity contribution >= 4 is 22.7 Å². The number of nitrogens with zero attached hydrogens (tertiary/aromatic N) is 1. The van der Waals surface area contributed by atoms with Gasteiger partial charge in [-0.3, -0.25) is 13.8 Å². The molecule has 1 aliphatic rings. The average molecular weight is 275 g/mol. The summed E-state index contributed by atoms with van der Waals surface area (Å²) in [6.07, 6.45) is 2.86. The first-order chi connectivity index (χ1) is 8.54. The number of rotatable bonds is 6. The van der Waals surface area contributed by atoms with Crippen molar-refractivity contribution in [2.75, 3.05) is 24.6 Å². The van der Waals surface area contributed by atoms with Crippen molar-refractivity contribution in [2.24, 2.45) is 5.92 Å². The van der Waals surface area contributed by atoms with Crippen LogP contribution in [0.25, 0.3) is 0 Å². The zero-order chi connectivity index (χ0) is 13.5. The number of piperidine rings is 1. The minimum atomic E-state index is -1.08. The Bertz CT molecular complexity index is 324. The lowest BCUT2D eigenvalue weighted by molar-refractivity contribution is -0.145. The van der Waals surface area contributed by atoms with Crippen LogP contribution in [0.5, 0.6) is 0 Å². The number of unbranched alkanes of at least 4 members (excludes halogenated alkanes) is 1. The van der Waals surface area contributed by atoms with Gasteiger partial charge in [0.05, 0.1) is 5.92 Å². The molecular weight excluding hydrogens is 254 g/mol. The molecule has 104 valence electrons. The molecule has 0 radical (unpaired) electrons. The molecule has 0 spiro atoms. The lowest BCUT2D eigenvalue weighted by Crippen LogP contribution is -2.42. The van der Waals surface area contributed by atoms with Crippen LogP contribution in [0.2, 0.25) is 0 Å². The van der Waals surface area contributed by atoms with Crippen LogP contribution >= 0.6 is 0 Å². The molecule has 1 rings (SSSR count). The van der Waals surface area contributed by atoms with Crippen molar-refractivity contribution in [2.45, 2.75) is 32.6 Å². The SMILES string of the molecule is CCCCS(=O)CC(=O)N1CCC(C(=O)O)CC1. The van der Waals surface area contributed by atoms with E-state index in [1.54, 1.807) is 4.90 Å². The average Bonchev–Trinajstić information content (AvgIpc) is 2.36. The summed E-state index contributed by atoms with van der Waals surface area (Å²) in [6, 6.07) is 0. The Morgan fingerprint density at radius 2 is 1.94 bits per heavy atom. The van der Waals surface area contributed by atoms with Crippen molar-refractivity contribution in [3.8, 4) is 0 Å². The number of carbonyl (C=O) groups excluding carboxylic acids is 1. The van der Waals surface area contributed by atoms with E-state index in [0.29, 0.717) is 31.7 Å². The van der Waals surface area contributed by atoms with Crippen LogP contribution in [0.15, 0.2) is 0 Å². The van der Waals surface area contributed by atoms with Gasteiger partial charge in [-0.25, -0.2) is 0 Å². The van der Waals surface area contributed by atoms with Gasteiger partial charge in [-0.1, -0.05) is 13.3 Å². The van der Waals surface area contributed by atoms with E-state index in [4.69, 9.17) is 5.11 Å². The highest BCUT2D eigenvalue weighted by molar-refractivity contribution is 7.85. The van der Waals surface area contributed by atoms with Crippen molar-refractivity contribution in [3.05, 3.63) is 0 Å². The minimum Gasteiger partial charge on any atom is -0.481 e. The van der Waals surface area contributed by atoms with Gasteiger partial charge in [-0.05, 0) is 19.3 Å². The van der Waals surface area contributed by atoms with Gasteiger partial charge in [0.2, 0.25) is 5.91 Å². The molecule has 6 heteroatoms. The molecule has 0 saturated carbocycles. The third-order valence-electron chi connectivity index (χ3n) is 3.21. The van der Waals surface area contributed by atoms with E-state index in [9.17, 15) is 13.8 Å². The molecule has 0 aromatic heterocycles. The van der Waals surface area contributed by atoms with E-state index in [-0.39, 0.29) is 17.6 Å². The molecular formula is C12H21NO4S. The molecule has 1 aliphatic heterocycles. The number of hydrogen-bond acceptors (Lipinski definition) is 3. The first-order valence-electron chi connectivity index (χ1n) is 6.40. The summed E-state index contributed by atoms with van der Waals surface area (Å²) < 4.78 is 11.6. The number of likely N-dealkylation sites (tertiary alicyclic amines) is 1. The highest BCUT2D eigenvalue weighted by atomic mass is 32.2. The Morgan fingerprint density at radius 3 is 2.44 bits per heavy atom. The van der Waals surface area contributed by atoms with E-state index in [1.165, 1.54) is 0 Å². The highest BCUT2D eigenvalue weighted by Gasteiger charge is 2.27. The maximum Gasteiger partial charge on any atom is 0.306 e. The van der Waals surface area contributed by atoms with E-state index < -0.39 is 16.8 Å². The molecule has 1 amide bonds. The van der Waals surface area contributed by atoms with Gasteiger partial charge in [0.15, 0.2) is 0 Å². The Hall–Kier alpha value is -0.910. The fourth-order valence-electron chi connectivity index (χ4n) is 1.98. The van der Waals surface area contributed by atoms with E-state index >= 15 is 0 Å². The largest absolute Gasteiger partial charge is 0.481 e. The van der Waals surface area contributed by atoms with E-state index in [1.807, 2.05) is 6.92 Å². The second kappa shape index (κ2) is 7.51. The molecule has 0 bridgehead atoms. The highest BCUT2D eigenvalue weighted by Crippen LogP contribution is 2.17. The molecule has 1 atom stereocenters. The summed E-state index contributed by atoms with van der Waals surface area (Å²) in [5, 5.41) is 8.85.